The lowest BCUT2D eigenvalue weighted by atomic mass is 9.72. The van der Waals surface area contributed by atoms with E-state index in [1.165, 1.54) is 0 Å². The second kappa shape index (κ2) is 9.85. The number of hydrogen-bond donors (Lipinski definition) is 3. The third kappa shape index (κ3) is 4.92. The molecule has 1 saturated heterocycles. The molecule has 176 valence electrons. The standard InChI is InChI=1S/C28H30N2O4/c31-26-22-13-6-1-2-7-14-23(22)34-27(32)25(26)24(18-15-16-18)19-9-8-12-21(17-19)30-28(33)29-20-10-4-3-5-11-20/h2-5,7-12,14,17-18,22,24-26,31H,1,6,13,15-16H2,(H2,29,30,33). The Bertz CT molecular complexity index is 1110. The Kier molecular flexibility index (Phi) is 6.50. The van der Waals surface area contributed by atoms with Crippen molar-refractivity contribution in [3.63, 3.8) is 0 Å². The molecular weight excluding hydrogens is 428 g/mol. The van der Waals surface area contributed by atoms with Crippen molar-refractivity contribution >= 4 is 23.4 Å². The van der Waals surface area contributed by atoms with Crippen LogP contribution in [0.1, 0.15) is 43.6 Å². The van der Waals surface area contributed by atoms with E-state index in [1.54, 1.807) is 0 Å². The molecule has 6 heteroatoms. The first-order chi connectivity index (χ1) is 16.6. The van der Waals surface area contributed by atoms with Gasteiger partial charge in [0.2, 0.25) is 0 Å². The molecule has 0 radical (unpaired) electrons. The summed E-state index contributed by atoms with van der Waals surface area (Å²) in [5.74, 6) is -0.407. The molecule has 0 aromatic heterocycles. The van der Waals surface area contributed by atoms with Gasteiger partial charge in [0.05, 0.1) is 12.0 Å². The molecule has 3 aliphatic rings. The predicted molar refractivity (Wildman–Crippen MR) is 131 cm³/mol. The normalized spacial score (nSPS) is 25.1. The van der Waals surface area contributed by atoms with Crippen LogP contribution in [0.15, 0.2) is 78.6 Å². The highest BCUT2D eigenvalue weighted by Crippen LogP contribution is 2.51. The van der Waals surface area contributed by atoms with Crippen molar-refractivity contribution in [1.29, 1.82) is 0 Å². The van der Waals surface area contributed by atoms with Crippen molar-refractivity contribution in [3.05, 3.63) is 84.1 Å². The van der Waals surface area contributed by atoms with Crippen LogP contribution in [0.4, 0.5) is 16.2 Å². The van der Waals surface area contributed by atoms with Gasteiger partial charge in [-0.2, -0.15) is 0 Å². The molecule has 4 unspecified atom stereocenters. The zero-order valence-electron chi connectivity index (χ0n) is 19.0. The summed E-state index contributed by atoms with van der Waals surface area (Å²) in [6.07, 6.45) is 9.74. The molecule has 2 aliphatic carbocycles. The highest BCUT2D eigenvalue weighted by Gasteiger charge is 2.50. The van der Waals surface area contributed by atoms with Crippen LogP contribution < -0.4 is 10.6 Å². The van der Waals surface area contributed by atoms with E-state index in [2.05, 4.69) is 16.7 Å². The number of allylic oxidation sites excluding steroid dienone is 3. The van der Waals surface area contributed by atoms with Crippen LogP contribution in [0.25, 0.3) is 0 Å². The first kappa shape index (κ1) is 22.4. The summed E-state index contributed by atoms with van der Waals surface area (Å²) in [4.78, 5) is 25.6. The Hall–Kier alpha value is -3.38. The monoisotopic (exact) mass is 458 g/mol. The molecule has 1 aliphatic heterocycles. The van der Waals surface area contributed by atoms with Crippen molar-refractivity contribution in [2.45, 2.75) is 44.1 Å². The number of fused-ring (bicyclic) bond motifs is 1. The minimum absolute atomic E-state index is 0.149. The lowest BCUT2D eigenvalue weighted by Gasteiger charge is -2.39. The summed E-state index contributed by atoms with van der Waals surface area (Å²) in [7, 11) is 0. The molecule has 1 saturated carbocycles. The predicted octanol–water partition coefficient (Wildman–Crippen LogP) is 5.60. The number of carbonyl (C=O) groups is 2. The van der Waals surface area contributed by atoms with Crippen LogP contribution >= 0.6 is 0 Å². The largest absolute Gasteiger partial charge is 0.430 e. The number of urea groups is 1. The summed E-state index contributed by atoms with van der Waals surface area (Å²) >= 11 is 0. The van der Waals surface area contributed by atoms with E-state index in [4.69, 9.17) is 4.74 Å². The summed E-state index contributed by atoms with van der Waals surface area (Å²) < 4.78 is 5.78. The van der Waals surface area contributed by atoms with Crippen LogP contribution in [-0.4, -0.2) is 23.2 Å². The van der Waals surface area contributed by atoms with Crippen molar-refractivity contribution in [3.8, 4) is 0 Å². The number of hydrogen-bond acceptors (Lipinski definition) is 4. The fraction of sp³-hybridized carbons (Fsp3) is 0.357. The van der Waals surface area contributed by atoms with E-state index in [1.807, 2.05) is 66.7 Å². The number of benzene rings is 2. The number of nitrogens with one attached hydrogen (secondary N) is 2. The van der Waals surface area contributed by atoms with Crippen LogP contribution in [0.2, 0.25) is 0 Å². The van der Waals surface area contributed by atoms with E-state index < -0.39 is 12.0 Å². The van der Waals surface area contributed by atoms with Crippen molar-refractivity contribution < 1.29 is 19.4 Å². The molecule has 6 nitrogen and oxygen atoms in total. The molecule has 4 atom stereocenters. The Morgan fingerprint density at radius 2 is 1.76 bits per heavy atom. The summed E-state index contributed by atoms with van der Waals surface area (Å²) in [5.41, 5.74) is 2.30. The van der Waals surface area contributed by atoms with Gasteiger partial charge in [0.25, 0.3) is 0 Å². The maximum Gasteiger partial charge on any atom is 0.323 e. The Balaban J connectivity index is 1.37. The van der Waals surface area contributed by atoms with Gasteiger partial charge in [0, 0.05) is 23.2 Å². The Morgan fingerprint density at radius 1 is 1.00 bits per heavy atom. The molecule has 2 aromatic carbocycles. The summed E-state index contributed by atoms with van der Waals surface area (Å²) in [6, 6.07) is 16.5. The molecule has 0 spiro atoms. The molecule has 2 amide bonds. The van der Waals surface area contributed by atoms with E-state index in [0.29, 0.717) is 23.1 Å². The van der Waals surface area contributed by atoms with E-state index in [0.717, 1.165) is 37.7 Å². The second-order valence-electron chi connectivity index (χ2n) is 9.41. The van der Waals surface area contributed by atoms with Gasteiger partial charge in [0.1, 0.15) is 5.76 Å². The molecule has 2 fully saturated rings. The highest BCUT2D eigenvalue weighted by molar-refractivity contribution is 5.99. The average Bonchev–Trinajstić information content (AvgIpc) is 3.64. The van der Waals surface area contributed by atoms with Crippen LogP contribution in [0, 0.1) is 17.8 Å². The van der Waals surface area contributed by atoms with Crippen molar-refractivity contribution in [1.82, 2.24) is 0 Å². The van der Waals surface area contributed by atoms with Crippen molar-refractivity contribution in [2.75, 3.05) is 10.6 Å². The zero-order chi connectivity index (χ0) is 23.5. The summed E-state index contributed by atoms with van der Waals surface area (Å²) in [5, 5.41) is 17.1. The number of rotatable bonds is 5. The maximum atomic E-state index is 13.1. The number of anilines is 2. The Labute approximate surface area is 199 Å². The van der Waals surface area contributed by atoms with Crippen LogP contribution in [0.5, 0.6) is 0 Å². The minimum atomic E-state index is -0.789. The molecule has 5 rings (SSSR count). The number of para-hydroxylation sites is 1. The summed E-state index contributed by atoms with van der Waals surface area (Å²) in [6.45, 7) is 0. The van der Waals surface area contributed by atoms with Crippen molar-refractivity contribution in [2.24, 2.45) is 17.8 Å². The van der Waals surface area contributed by atoms with Gasteiger partial charge in [-0.3, -0.25) is 4.79 Å². The lowest BCUT2D eigenvalue weighted by molar-refractivity contribution is -0.160. The first-order valence-electron chi connectivity index (χ1n) is 12.1. The lowest BCUT2D eigenvalue weighted by Crippen LogP contribution is -2.45. The quantitative estimate of drug-likeness (QED) is 0.509. The maximum absolute atomic E-state index is 13.1. The van der Waals surface area contributed by atoms with Gasteiger partial charge >= 0.3 is 12.0 Å². The van der Waals surface area contributed by atoms with Gasteiger partial charge in [-0.15, -0.1) is 0 Å². The van der Waals surface area contributed by atoms with Gasteiger partial charge in [-0.05, 0) is 73.9 Å². The molecule has 2 aromatic rings. The second-order valence-corrected chi connectivity index (χ2v) is 9.41. The first-order valence-corrected chi connectivity index (χ1v) is 12.1. The van der Waals surface area contributed by atoms with Crippen LogP contribution in [-0.2, 0) is 9.53 Å². The Morgan fingerprint density at radius 3 is 2.56 bits per heavy atom. The minimum Gasteiger partial charge on any atom is -0.430 e. The van der Waals surface area contributed by atoms with Gasteiger partial charge < -0.3 is 20.5 Å². The van der Waals surface area contributed by atoms with E-state index in [-0.39, 0.29) is 23.8 Å². The van der Waals surface area contributed by atoms with Gasteiger partial charge in [0.15, 0.2) is 0 Å². The molecular formula is C28H30N2O4. The average molecular weight is 459 g/mol. The van der Waals surface area contributed by atoms with Gasteiger partial charge in [-0.1, -0.05) is 42.5 Å². The third-order valence-corrected chi connectivity index (χ3v) is 7.00. The SMILES string of the molecule is O=C(Nc1ccccc1)Nc1cccc(C(C2CC2)C2C(=O)OC3=CC=CCCCC3C2O)c1. The number of carbonyl (C=O) groups excluding carboxylic acids is 2. The molecule has 3 N–H and O–H groups in total. The smallest absolute Gasteiger partial charge is 0.323 e. The molecule has 1 heterocycles. The number of ether oxygens (including phenoxy) is 1. The van der Waals surface area contributed by atoms with E-state index in [9.17, 15) is 14.7 Å². The number of amides is 2. The number of aliphatic hydroxyl groups excluding tert-OH is 1. The molecule has 0 bridgehead atoms. The highest BCUT2D eigenvalue weighted by atomic mass is 16.5. The van der Waals surface area contributed by atoms with Crippen LogP contribution in [0.3, 0.4) is 0 Å². The topological polar surface area (TPSA) is 87.7 Å². The number of aliphatic hydroxyl groups is 1. The fourth-order valence-electron chi connectivity index (χ4n) is 5.23. The van der Waals surface area contributed by atoms with E-state index >= 15 is 0 Å². The zero-order valence-corrected chi connectivity index (χ0v) is 19.0. The molecule has 34 heavy (non-hydrogen) atoms. The number of esters is 1. The van der Waals surface area contributed by atoms with Gasteiger partial charge in [-0.25, -0.2) is 4.79 Å². The fourth-order valence-corrected chi connectivity index (χ4v) is 5.23. The third-order valence-electron chi connectivity index (χ3n) is 7.00.